The van der Waals surface area contributed by atoms with Gasteiger partial charge in [-0.05, 0) is 23.8 Å². The summed E-state index contributed by atoms with van der Waals surface area (Å²) >= 11 is 0. The molecule has 0 saturated heterocycles. The van der Waals surface area contributed by atoms with E-state index in [1.165, 1.54) is 11.3 Å². The Hall–Kier alpha value is -2.11. The summed E-state index contributed by atoms with van der Waals surface area (Å²) in [7, 11) is 0. The van der Waals surface area contributed by atoms with E-state index in [1.807, 2.05) is 42.6 Å². The molecule has 1 aromatic carbocycles. The molecule has 1 aliphatic heterocycles. The minimum absolute atomic E-state index is 0.823. The summed E-state index contributed by atoms with van der Waals surface area (Å²) in [6.07, 6.45) is 2.91. The van der Waals surface area contributed by atoms with E-state index in [1.54, 1.807) is 0 Å². The molecule has 19 heavy (non-hydrogen) atoms. The number of benzene rings is 1. The smallest absolute Gasteiger partial charge is 0.0608 e. The van der Waals surface area contributed by atoms with Gasteiger partial charge in [-0.3, -0.25) is 9.88 Å². The normalized spacial score (nSPS) is 14.3. The first-order chi connectivity index (χ1) is 9.42. The van der Waals surface area contributed by atoms with E-state index in [0.717, 1.165) is 31.6 Å². The van der Waals surface area contributed by atoms with Gasteiger partial charge in [0.1, 0.15) is 0 Å². The average molecular weight is 248 g/mol. The van der Waals surface area contributed by atoms with E-state index >= 15 is 0 Å². The Morgan fingerprint density at radius 1 is 1.11 bits per heavy atom. The Balaban J connectivity index is 1.63. The Kier molecular flexibility index (Phi) is 3.58. The molecule has 0 unspecified atom stereocenters. The van der Waals surface area contributed by atoms with Crippen molar-refractivity contribution in [2.45, 2.75) is 13.0 Å². The highest BCUT2D eigenvalue weighted by Gasteiger charge is 2.15. The zero-order valence-corrected chi connectivity index (χ0v) is 10.8. The standard InChI is InChI=1S/C17H16N2/c1-2-6-15(7-3-1)8-5-12-19-13-10-17-16(14-19)9-4-11-18-17/h1-4,6-7,9,11H,10,12-14H2. The van der Waals surface area contributed by atoms with Crippen LogP contribution in [0.25, 0.3) is 0 Å². The fourth-order valence-electron chi connectivity index (χ4n) is 2.33. The van der Waals surface area contributed by atoms with Gasteiger partial charge in [-0.1, -0.05) is 36.1 Å². The topological polar surface area (TPSA) is 16.1 Å². The molecule has 1 aliphatic rings. The van der Waals surface area contributed by atoms with Crippen molar-refractivity contribution in [1.82, 2.24) is 9.88 Å². The first-order valence-electron chi connectivity index (χ1n) is 6.61. The number of pyridine rings is 1. The van der Waals surface area contributed by atoms with Crippen LogP contribution < -0.4 is 0 Å². The molecule has 0 N–H and O–H groups in total. The van der Waals surface area contributed by atoms with Crippen molar-refractivity contribution < 1.29 is 0 Å². The summed E-state index contributed by atoms with van der Waals surface area (Å²) in [6.45, 7) is 2.84. The number of rotatable bonds is 1. The van der Waals surface area contributed by atoms with Crippen LogP contribution in [0.4, 0.5) is 0 Å². The maximum Gasteiger partial charge on any atom is 0.0608 e. The summed E-state index contributed by atoms with van der Waals surface area (Å²) in [4.78, 5) is 6.79. The third-order valence-electron chi connectivity index (χ3n) is 3.35. The van der Waals surface area contributed by atoms with E-state index in [9.17, 15) is 0 Å². The van der Waals surface area contributed by atoms with Gasteiger partial charge < -0.3 is 0 Å². The second-order valence-electron chi connectivity index (χ2n) is 4.74. The van der Waals surface area contributed by atoms with Crippen molar-refractivity contribution in [1.29, 1.82) is 0 Å². The Morgan fingerprint density at radius 2 is 2.00 bits per heavy atom. The van der Waals surface area contributed by atoms with Crippen molar-refractivity contribution in [2.24, 2.45) is 0 Å². The quantitative estimate of drug-likeness (QED) is 0.721. The van der Waals surface area contributed by atoms with Gasteiger partial charge in [0.05, 0.1) is 6.54 Å². The third-order valence-corrected chi connectivity index (χ3v) is 3.35. The molecule has 0 aliphatic carbocycles. The Morgan fingerprint density at radius 3 is 2.89 bits per heavy atom. The van der Waals surface area contributed by atoms with Crippen molar-refractivity contribution in [3.05, 3.63) is 65.5 Å². The van der Waals surface area contributed by atoms with Gasteiger partial charge in [0, 0.05) is 37.0 Å². The number of aromatic nitrogens is 1. The van der Waals surface area contributed by atoms with Crippen molar-refractivity contribution >= 4 is 0 Å². The van der Waals surface area contributed by atoms with Crippen molar-refractivity contribution in [3.63, 3.8) is 0 Å². The SMILES string of the molecule is C(#Cc1ccccc1)CN1CCc2ncccc2C1. The molecule has 2 nitrogen and oxygen atoms in total. The molecular formula is C17H16N2. The van der Waals surface area contributed by atoms with Crippen LogP contribution in [0.3, 0.4) is 0 Å². The van der Waals surface area contributed by atoms with Crippen LogP contribution in [-0.4, -0.2) is 23.0 Å². The molecule has 3 rings (SSSR count). The number of nitrogens with zero attached hydrogens (tertiary/aromatic N) is 2. The lowest BCUT2D eigenvalue weighted by Crippen LogP contribution is -2.31. The fourth-order valence-corrected chi connectivity index (χ4v) is 2.33. The molecule has 0 saturated carbocycles. The van der Waals surface area contributed by atoms with E-state index in [0.29, 0.717) is 0 Å². The second kappa shape index (κ2) is 5.69. The van der Waals surface area contributed by atoms with Crippen LogP contribution in [0.15, 0.2) is 48.7 Å². The van der Waals surface area contributed by atoms with Crippen LogP contribution in [0.2, 0.25) is 0 Å². The van der Waals surface area contributed by atoms with Gasteiger partial charge in [0.25, 0.3) is 0 Å². The lowest BCUT2D eigenvalue weighted by molar-refractivity contribution is 0.283. The first kappa shape index (κ1) is 12.0. The first-order valence-corrected chi connectivity index (χ1v) is 6.61. The molecule has 1 aromatic heterocycles. The lowest BCUT2D eigenvalue weighted by atomic mass is 10.1. The van der Waals surface area contributed by atoms with Gasteiger partial charge in [-0.25, -0.2) is 0 Å². The van der Waals surface area contributed by atoms with Crippen LogP contribution in [-0.2, 0) is 13.0 Å². The highest BCUT2D eigenvalue weighted by molar-refractivity contribution is 5.34. The van der Waals surface area contributed by atoms with E-state index < -0.39 is 0 Å². The summed E-state index contributed by atoms with van der Waals surface area (Å²) in [5.74, 6) is 6.47. The van der Waals surface area contributed by atoms with Crippen LogP contribution in [0.5, 0.6) is 0 Å². The van der Waals surface area contributed by atoms with Gasteiger partial charge >= 0.3 is 0 Å². The predicted molar refractivity (Wildman–Crippen MR) is 76.5 cm³/mol. The van der Waals surface area contributed by atoms with Crippen molar-refractivity contribution in [2.75, 3.05) is 13.1 Å². The largest absolute Gasteiger partial charge is 0.288 e. The summed E-state index contributed by atoms with van der Waals surface area (Å²) < 4.78 is 0. The molecule has 94 valence electrons. The second-order valence-corrected chi connectivity index (χ2v) is 4.74. The third kappa shape index (κ3) is 3.01. The zero-order chi connectivity index (χ0) is 12.9. The zero-order valence-electron chi connectivity index (χ0n) is 10.8. The van der Waals surface area contributed by atoms with Crippen LogP contribution in [0.1, 0.15) is 16.8 Å². The van der Waals surface area contributed by atoms with Crippen LogP contribution in [0, 0.1) is 11.8 Å². The molecule has 0 amide bonds. The number of hydrogen-bond acceptors (Lipinski definition) is 2. The van der Waals surface area contributed by atoms with Crippen LogP contribution >= 0.6 is 0 Å². The monoisotopic (exact) mass is 248 g/mol. The highest BCUT2D eigenvalue weighted by atomic mass is 15.1. The number of fused-ring (bicyclic) bond motifs is 1. The van der Waals surface area contributed by atoms with Gasteiger partial charge in [0.2, 0.25) is 0 Å². The molecule has 0 fully saturated rings. The Bertz CT molecular complexity index is 608. The van der Waals surface area contributed by atoms with Gasteiger partial charge in [-0.2, -0.15) is 0 Å². The maximum atomic E-state index is 4.42. The molecule has 0 bridgehead atoms. The summed E-state index contributed by atoms with van der Waals surface area (Å²) in [6, 6.07) is 14.3. The fraction of sp³-hybridized carbons (Fsp3) is 0.235. The maximum absolute atomic E-state index is 4.42. The molecule has 2 heteroatoms. The van der Waals surface area contributed by atoms with E-state index in [4.69, 9.17) is 0 Å². The highest BCUT2D eigenvalue weighted by Crippen LogP contribution is 2.15. The van der Waals surface area contributed by atoms with E-state index in [-0.39, 0.29) is 0 Å². The molecule has 0 spiro atoms. The molecule has 0 atom stereocenters. The molecule has 2 aromatic rings. The molecular weight excluding hydrogens is 232 g/mol. The average Bonchev–Trinajstić information content (AvgIpc) is 2.48. The Labute approximate surface area is 114 Å². The summed E-state index contributed by atoms with van der Waals surface area (Å²) in [5, 5.41) is 0. The molecule has 2 heterocycles. The molecule has 0 radical (unpaired) electrons. The van der Waals surface area contributed by atoms with Gasteiger partial charge in [-0.15, -0.1) is 0 Å². The minimum atomic E-state index is 0.823. The summed E-state index contributed by atoms with van der Waals surface area (Å²) in [5.41, 5.74) is 3.67. The van der Waals surface area contributed by atoms with Gasteiger partial charge in [0.15, 0.2) is 0 Å². The lowest BCUT2D eigenvalue weighted by Gasteiger charge is -2.25. The van der Waals surface area contributed by atoms with E-state index in [2.05, 4.69) is 27.8 Å². The van der Waals surface area contributed by atoms with Crippen molar-refractivity contribution in [3.8, 4) is 11.8 Å². The number of hydrogen-bond donors (Lipinski definition) is 0. The minimum Gasteiger partial charge on any atom is -0.288 e. The predicted octanol–water partition coefficient (Wildman–Crippen LogP) is 2.49.